The third-order valence-electron chi connectivity index (χ3n) is 4.79. The normalized spacial score (nSPS) is 12.7. The van der Waals surface area contributed by atoms with Crippen LogP contribution in [-0.2, 0) is 28.6 Å². The van der Waals surface area contributed by atoms with Crippen LogP contribution < -0.4 is 0 Å². The number of carbonyl (C=O) groups is 3. The maximum Gasteiger partial charge on any atom is 0.335 e. The minimum atomic E-state index is -2.29. The first-order valence-corrected chi connectivity index (χ1v) is 7.97. The zero-order chi connectivity index (χ0) is 18.9. The molecule has 0 aliphatic heterocycles. The van der Waals surface area contributed by atoms with Gasteiger partial charge < -0.3 is 14.2 Å². The van der Waals surface area contributed by atoms with Gasteiger partial charge in [-0.3, -0.25) is 14.4 Å². The Morgan fingerprint density at radius 2 is 1.04 bits per heavy atom. The van der Waals surface area contributed by atoms with Crippen LogP contribution >= 0.6 is 0 Å². The molecule has 0 atom stereocenters. The standard InChI is InChI=1S/C20H18O6/c1-24-17(21)20(18(22)25-2,19(23)26-3)16-14-10-6-4-8-12(14)13-9-5-7-11-15(13)16/h4-11,16H,1-3H3. The van der Waals surface area contributed by atoms with Gasteiger partial charge in [0.15, 0.2) is 0 Å². The lowest BCUT2D eigenvalue weighted by Crippen LogP contribution is -2.52. The summed E-state index contributed by atoms with van der Waals surface area (Å²) in [6, 6.07) is 14.6. The number of hydrogen-bond donors (Lipinski definition) is 0. The van der Waals surface area contributed by atoms with Crippen LogP contribution in [0, 0.1) is 5.41 Å². The zero-order valence-electron chi connectivity index (χ0n) is 14.6. The summed E-state index contributed by atoms with van der Waals surface area (Å²) in [7, 11) is 3.36. The van der Waals surface area contributed by atoms with Crippen molar-refractivity contribution in [3.63, 3.8) is 0 Å². The summed E-state index contributed by atoms with van der Waals surface area (Å²) in [5, 5.41) is 0. The Balaban J connectivity index is 2.40. The van der Waals surface area contributed by atoms with Crippen molar-refractivity contribution in [3.8, 4) is 11.1 Å². The van der Waals surface area contributed by atoms with Crippen LogP contribution in [0.1, 0.15) is 17.0 Å². The van der Waals surface area contributed by atoms with E-state index in [1.54, 1.807) is 24.3 Å². The van der Waals surface area contributed by atoms with Crippen LogP contribution in [0.25, 0.3) is 11.1 Å². The fraction of sp³-hybridized carbons (Fsp3) is 0.250. The molecule has 0 aromatic heterocycles. The largest absolute Gasteiger partial charge is 0.468 e. The lowest BCUT2D eigenvalue weighted by Gasteiger charge is -2.32. The van der Waals surface area contributed by atoms with E-state index in [0.717, 1.165) is 32.5 Å². The average molecular weight is 354 g/mol. The summed E-state index contributed by atoms with van der Waals surface area (Å²) in [5.74, 6) is -3.98. The molecule has 0 saturated heterocycles. The van der Waals surface area contributed by atoms with Crippen LogP contribution in [0.15, 0.2) is 48.5 Å². The molecule has 1 aliphatic rings. The molecule has 6 heteroatoms. The third-order valence-corrected chi connectivity index (χ3v) is 4.79. The molecule has 0 amide bonds. The van der Waals surface area contributed by atoms with Crippen LogP contribution in [0.3, 0.4) is 0 Å². The highest BCUT2D eigenvalue weighted by molar-refractivity contribution is 6.20. The van der Waals surface area contributed by atoms with Gasteiger partial charge in [0.25, 0.3) is 5.41 Å². The lowest BCUT2D eigenvalue weighted by molar-refractivity contribution is -0.181. The average Bonchev–Trinajstić information content (AvgIpc) is 3.03. The van der Waals surface area contributed by atoms with E-state index in [-0.39, 0.29) is 0 Å². The van der Waals surface area contributed by atoms with E-state index in [2.05, 4.69) is 0 Å². The van der Waals surface area contributed by atoms with Crippen molar-refractivity contribution in [1.82, 2.24) is 0 Å². The third kappa shape index (κ3) is 2.22. The quantitative estimate of drug-likeness (QED) is 0.476. The molecule has 6 nitrogen and oxygen atoms in total. The maximum absolute atomic E-state index is 12.8. The fourth-order valence-corrected chi connectivity index (χ4v) is 3.71. The Morgan fingerprint density at radius 3 is 1.38 bits per heavy atom. The molecule has 134 valence electrons. The molecule has 3 rings (SSSR count). The summed E-state index contributed by atoms with van der Waals surface area (Å²) in [6.45, 7) is 0. The van der Waals surface area contributed by atoms with Crippen molar-refractivity contribution in [2.45, 2.75) is 5.92 Å². The van der Waals surface area contributed by atoms with Crippen molar-refractivity contribution in [1.29, 1.82) is 0 Å². The first-order valence-electron chi connectivity index (χ1n) is 7.97. The zero-order valence-corrected chi connectivity index (χ0v) is 14.6. The number of hydrogen-bond acceptors (Lipinski definition) is 6. The predicted molar refractivity (Wildman–Crippen MR) is 92.2 cm³/mol. The number of esters is 3. The molecule has 0 fully saturated rings. The highest BCUT2D eigenvalue weighted by atomic mass is 16.6. The van der Waals surface area contributed by atoms with E-state index in [9.17, 15) is 14.4 Å². The number of ether oxygens (including phenoxy) is 3. The number of rotatable bonds is 4. The van der Waals surface area contributed by atoms with Crippen LogP contribution in [0.4, 0.5) is 0 Å². The molecule has 0 heterocycles. The van der Waals surface area contributed by atoms with Gasteiger partial charge >= 0.3 is 17.9 Å². The monoisotopic (exact) mass is 354 g/mol. The summed E-state index contributed by atoms with van der Waals surface area (Å²) in [4.78, 5) is 38.5. The molecule has 0 radical (unpaired) electrons. The SMILES string of the molecule is COC(=O)C(C(=O)OC)(C(=O)OC)C1c2ccccc2-c2ccccc21. The summed E-state index contributed by atoms with van der Waals surface area (Å²) in [5.41, 5.74) is 0.717. The van der Waals surface area contributed by atoms with Crippen molar-refractivity contribution in [3.05, 3.63) is 59.7 Å². The van der Waals surface area contributed by atoms with E-state index in [4.69, 9.17) is 14.2 Å². The fourth-order valence-electron chi connectivity index (χ4n) is 3.71. The lowest BCUT2D eigenvalue weighted by atomic mass is 9.70. The van der Waals surface area contributed by atoms with Gasteiger partial charge in [0.1, 0.15) is 0 Å². The summed E-state index contributed by atoms with van der Waals surface area (Å²) < 4.78 is 14.6. The van der Waals surface area contributed by atoms with Crippen molar-refractivity contribution in [2.75, 3.05) is 21.3 Å². The Bertz CT molecular complexity index is 799. The van der Waals surface area contributed by atoms with E-state index >= 15 is 0 Å². The van der Waals surface area contributed by atoms with Gasteiger partial charge in [-0.1, -0.05) is 48.5 Å². The van der Waals surface area contributed by atoms with Crippen LogP contribution in [0.5, 0.6) is 0 Å². The molecule has 0 unspecified atom stereocenters. The van der Waals surface area contributed by atoms with Crippen molar-refractivity contribution >= 4 is 17.9 Å². The first-order chi connectivity index (χ1) is 12.5. The van der Waals surface area contributed by atoms with E-state index < -0.39 is 29.2 Å². The van der Waals surface area contributed by atoms with Crippen molar-refractivity contribution in [2.24, 2.45) is 5.41 Å². The molecule has 2 aromatic carbocycles. The van der Waals surface area contributed by atoms with E-state index in [0.29, 0.717) is 11.1 Å². The number of methoxy groups -OCH3 is 3. The first kappa shape index (κ1) is 17.7. The van der Waals surface area contributed by atoms with Crippen molar-refractivity contribution < 1.29 is 28.6 Å². The van der Waals surface area contributed by atoms with Crippen LogP contribution in [-0.4, -0.2) is 39.2 Å². The topological polar surface area (TPSA) is 78.9 Å². The summed E-state index contributed by atoms with van der Waals surface area (Å²) >= 11 is 0. The Morgan fingerprint density at radius 1 is 0.692 bits per heavy atom. The van der Waals surface area contributed by atoms with E-state index in [1.165, 1.54) is 0 Å². The molecule has 0 saturated carbocycles. The minimum absolute atomic E-state index is 0.662. The van der Waals surface area contributed by atoms with Gasteiger partial charge in [0.05, 0.1) is 21.3 Å². The second-order valence-electron chi connectivity index (χ2n) is 5.89. The van der Waals surface area contributed by atoms with Crippen LogP contribution in [0.2, 0.25) is 0 Å². The Kier molecular flexibility index (Phi) is 4.50. The second-order valence-corrected chi connectivity index (χ2v) is 5.89. The highest BCUT2D eigenvalue weighted by Gasteiger charge is 2.64. The van der Waals surface area contributed by atoms with Gasteiger partial charge in [0, 0.05) is 5.92 Å². The Labute approximate surface area is 150 Å². The predicted octanol–water partition coefficient (Wildman–Crippen LogP) is 2.30. The molecule has 0 spiro atoms. The molecule has 26 heavy (non-hydrogen) atoms. The smallest absolute Gasteiger partial charge is 0.335 e. The molecule has 0 bridgehead atoms. The number of fused-ring (bicyclic) bond motifs is 3. The molecule has 2 aromatic rings. The Hall–Kier alpha value is -3.15. The highest BCUT2D eigenvalue weighted by Crippen LogP contribution is 2.54. The van der Waals surface area contributed by atoms with Gasteiger partial charge in [-0.25, -0.2) is 0 Å². The number of carbonyl (C=O) groups excluding carboxylic acids is 3. The number of benzene rings is 2. The van der Waals surface area contributed by atoms with Gasteiger partial charge in [-0.2, -0.15) is 0 Å². The molecular weight excluding hydrogens is 336 g/mol. The van der Waals surface area contributed by atoms with Gasteiger partial charge in [-0.15, -0.1) is 0 Å². The molecular formula is C20H18O6. The van der Waals surface area contributed by atoms with Gasteiger partial charge in [-0.05, 0) is 22.3 Å². The molecule has 0 N–H and O–H groups in total. The van der Waals surface area contributed by atoms with E-state index in [1.807, 2.05) is 24.3 Å². The minimum Gasteiger partial charge on any atom is -0.468 e. The second kappa shape index (κ2) is 6.63. The van der Waals surface area contributed by atoms with Gasteiger partial charge in [0.2, 0.25) is 0 Å². The summed E-state index contributed by atoms with van der Waals surface area (Å²) in [6.07, 6.45) is 0. The molecule has 1 aliphatic carbocycles. The maximum atomic E-state index is 12.8.